The molecule has 0 aromatic heterocycles. The number of likely N-dealkylation sites (N-methyl/N-ethyl adjacent to an activating group) is 1. The molecule has 0 radical (unpaired) electrons. The molecule has 3 saturated heterocycles. The molecule has 2 aromatic carbocycles. The number of nitrogens with one attached hydrogen (secondary N) is 3. The van der Waals surface area contributed by atoms with Gasteiger partial charge < -0.3 is 40.5 Å². The van der Waals surface area contributed by atoms with E-state index in [1.807, 2.05) is 26.0 Å². The molecule has 3 heterocycles. The van der Waals surface area contributed by atoms with E-state index in [0.29, 0.717) is 18.1 Å². The summed E-state index contributed by atoms with van der Waals surface area (Å²) in [4.78, 5) is 101. The first-order valence-electron chi connectivity index (χ1n) is 19.5. The number of aryl methyl sites for hydroxylation is 1. The topological polar surface area (TPSA) is 195 Å². The summed E-state index contributed by atoms with van der Waals surface area (Å²) < 4.78 is 34.5. The van der Waals surface area contributed by atoms with E-state index in [0.717, 1.165) is 22.6 Å². The van der Waals surface area contributed by atoms with Crippen LogP contribution in [0.3, 0.4) is 0 Å². The second-order valence-electron chi connectivity index (χ2n) is 15.8. The standard InChI is InChI=1S/C41H52F2N6O9/c1-21-9-11-26(12-10-21)18-33(51)45-30(17-27-15-28(42)19-29(43)16-27)36(52)46-34-25(5)58-41(57)32-14-22(2)20-49(32)38(54)23(3)44-37(53)35(24(4)50)47(6)39(55)31-8-7-13-48(31)40(34)56/h9-12,15-16,19,22-25,30-32,34-35,50H,7-8,13-14,17-18,20H2,1-6H3,(H,44,53)(H,45,51)(H,46,52)/t22-,23-,24?,25-,30-,31-,32?,34-,35-/m0/s1. The lowest BCUT2D eigenvalue weighted by Gasteiger charge is -2.37. The molecule has 58 heavy (non-hydrogen) atoms. The van der Waals surface area contributed by atoms with Gasteiger partial charge in [-0.05, 0) is 76.1 Å². The Morgan fingerprint density at radius 2 is 1.59 bits per heavy atom. The van der Waals surface area contributed by atoms with Crippen molar-refractivity contribution < 1.29 is 52.2 Å². The SMILES string of the molecule is Cc1ccc(CC(=O)N[C@@H](Cc2cc(F)cc(F)c2)C(=O)N[C@@H]2C(=O)N3CCC[C@H]3C(=O)N(C)[C@@H](C(C)O)C(=O)N[C@@H](C)C(=O)N3C[C@@H](C)CC3C(=O)O[C@H]2C)cc1. The van der Waals surface area contributed by atoms with Crippen molar-refractivity contribution in [3.05, 3.63) is 70.8 Å². The summed E-state index contributed by atoms with van der Waals surface area (Å²) in [5.74, 6) is -7.39. The summed E-state index contributed by atoms with van der Waals surface area (Å²) in [6, 6.07) is 1.70. The van der Waals surface area contributed by atoms with Crippen LogP contribution >= 0.6 is 0 Å². The Balaban J connectivity index is 1.51. The minimum atomic E-state index is -1.67. The van der Waals surface area contributed by atoms with Crippen molar-refractivity contribution >= 4 is 41.4 Å². The van der Waals surface area contributed by atoms with E-state index in [1.54, 1.807) is 12.1 Å². The summed E-state index contributed by atoms with van der Waals surface area (Å²) in [7, 11) is 1.30. The number of carbonyl (C=O) groups is 7. The van der Waals surface area contributed by atoms with E-state index < -0.39 is 108 Å². The van der Waals surface area contributed by atoms with Gasteiger partial charge in [-0.25, -0.2) is 13.6 Å². The monoisotopic (exact) mass is 810 g/mol. The van der Waals surface area contributed by atoms with Crippen molar-refractivity contribution in [3.63, 3.8) is 0 Å². The van der Waals surface area contributed by atoms with Crippen molar-refractivity contribution in [1.82, 2.24) is 30.7 Å². The zero-order chi connectivity index (χ0) is 42.6. The van der Waals surface area contributed by atoms with Crippen LogP contribution in [0.4, 0.5) is 8.78 Å². The number of aliphatic hydroxyl groups excluding tert-OH is 1. The lowest BCUT2D eigenvalue weighted by Crippen LogP contribution is -2.63. The third-order valence-corrected chi connectivity index (χ3v) is 10.9. The molecule has 0 aliphatic carbocycles. The van der Waals surface area contributed by atoms with Crippen LogP contribution in [0.2, 0.25) is 0 Å². The Morgan fingerprint density at radius 3 is 2.22 bits per heavy atom. The number of carbonyl (C=O) groups excluding carboxylic acids is 7. The zero-order valence-corrected chi connectivity index (χ0v) is 33.5. The molecule has 2 unspecified atom stereocenters. The Bertz CT molecular complexity index is 1890. The summed E-state index contributed by atoms with van der Waals surface area (Å²) >= 11 is 0. The van der Waals surface area contributed by atoms with Crippen LogP contribution < -0.4 is 16.0 Å². The number of nitrogens with zero attached hydrogens (tertiary/aromatic N) is 3. The fourth-order valence-electron chi connectivity index (χ4n) is 7.95. The van der Waals surface area contributed by atoms with Gasteiger partial charge in [0.15, 0.2) is 0 Å². The molecule has 5 rings (SSSR count). The van der Waals surface area contributed by atoms with Gasteiger partial charge in [0, 0.05) is 32.6 Å². The Morgan fingerprint density at radius 1 is 0.931 bits per heavy atom. The van der Waals surface area contributed by atoms with Crippen LogP contribution in [-0.4, -0.2) is 130 Å². The molecule has 3 aliphatic heterocycles. The van der Waals surface area contributed by atoms with Crippen LogP contribution in [0.25, 0.3) is 0 Å². The lowest BCUT2D eigenvalue weighted by molar-refractivity contribution is -0.163. The number of ether oxygens (including phenoxy) is 1. The molecule has 0 saturated carbocycles. The van der Waals surface area contributed by atoms with Crippen molar-refractivity contribution in [2.75, 3.05) is 20.1 Å². The molecule has 314 valence electrons. The highest BCUT2D eigenvalue weighted by Crippen LogP contribution is 2.27. The summed E-state index contributed by atoms with van der Waals surface area (Å²) in [6.07, 6.45) is -2.65. The molecule has 2 aromatic rings. The molecule has 6 amide bonds. The number of hydrogen-bond donors (Lipinski definition) is 4. The Labute approximate surface area is 335 Å². The van der Waals surface area contributed by atoms with Crippen LogP contribution in [0.1, 0.15) is 63.6 Å². The van der Waals surface area contributed by atoms with E-state index in [4.69, 9.17) is 4.74 Å². The number of amides is 6. The van der Waals surface area contributed by atoms with Crippen LogP contribution in [0, 0.1) is 24.5 Å². The van der Waals surface area contributed by atoms with Gasteiger partial charge in [0.1, 0.15) is 54.0 Å². The molecule has 0 spiro atoms. The minimum Gasteiger partial charge on any atom is -0.458 e. The summed E-state index contributed by atoms with van der Waals surface area (Å²) in [5.41, 5.74) is 1.61. The van der Waals surface area contributed by atoms with Gasteiger partial charge in [0.25, 0.3) is 0 Å². The molecule has 3 fully saturated rings. The van der Waals surface area contributed by atoms with Gasteiger partial charge in [0.05, 0.1) is 12.5 Å². The van der Waals surface area contributed by atoms with Gasteiger partial charge >= 0.3 is 5.97 Å². The molecule has 9 atom stereocenters. The second kappa shape index (κ2) is 18.4. The van der Waals surface area contributed by atoms with Gasteiger partial charge in [-0.2, -0.15) is 0 Å². The maximum atomic E-state index is 14.6. The number of hydrogen-bond acceptors (Lipinski definition) is 9. The molecular weight excluding hydrogens is 758 g/mol. The third kappa shape index (κ3) is 10.2. The lowest BCUT2D eigenvalue weighted by atomic mass is 10.0. The van der Waals surface area contributed by atoms with E-state index in [9.17, 15) is 47.4 Å². The zero-order valence-electron chi connectivity index (χ0n) is 33.5. The first-order chi connectivity index (χ1) is 27.3. The quantitative estimate of drug-likeness (QED) is 0.281. The number of rotatable bonds is 8. The average molecular weight is 811 g/mol. The average Bonchev–Trinajstić information content (AvgIpc) is 3.80. The van der Waals surface area contributed by atoms with E-state index in [1.165, 1.54) is 37.6 Å². The fraction of sp³-hybridized carbons (Fsp3) is 0.537. The Kier molecular flexibility index (Phi) is 13.9. The van der Waals surface area contributed by atoms with E-state index >= 15 is 0 Å². The number of fused-ring (bicyclic) bond motifs is 2. The normalized spacial score (nSPS) is 27.0. The molecule has 17 heteroatoms. The predicted molar refractivity (Wildman–Crippen MR) is 204 cm³/mol. The summed E-state index contributed by atoms with van der Waals surface area (Å²) in [6.45, 7) is 7.99. The molecule has 3 aliphatic rings. The molecule has 0 bridgehead atoms. The number of cyclic esters (lactones) is 1. The number of esters is 1. The number of halogens is 2. The first-order valence-corrected chi connectivity index (χ1v) is 19.5. The maximum Gasteiger partial charge on any atom is 0.329 e. The van der Waals surface area contributed by atoms with E-state index in [-0.39, 0.29) is 43.8 Å². The van der Waals surface area contributed by atoms with Gasteiger partial charge in [-0.3, -0.25) is 28.8 Å². The largest absolute Gasteiger partial charge is 0.458 e. The minimum absolute atomic E-state index is 0.0244. The van der Waals surface area contributed by atoms with Crippen LogP contribution in [-0.2, 0) is 51.1 Å². The molecule has 4 N–H and O–H groups in total. The molecular formula is C41H52F2N6O9. The van der Waals surface area contributed by atoms with Crippen molar-refractivity contribution in [2.45, 2.75) is 115 Å². The van der Waals surface area contributed by atoms with Crippen LogP contribution in [0.5, 0.6) is 0 Å². The predicted octanol–water partition coefficient (Wildman–Crippen LogP) is 0.914. The van der Waals surface area contributed by atoms with Crippen molar-refractivity contribution in [3.8, 4) is 0 Å². The number of aliphatic hydroxyl groups is 1. The Hall–Kier alpha value is -5.45. The van der Waals surface area contributed by atoms with Gasteiger partial charge in [-0.15, -0.1) is 0 Å². The maximum absolute atomic E-state index is 14.6. The fourth-order valence-corrected chi connectivity index (χ4v) is 7.95. The van der Waals surface area contributed by atoms with E-state index in [2.05, 4.69) is 16.0 Å². The number of benzene rings is 2. The third-order valence-electron chi connectivity index (χ3n) is 10.9. The van der Waals surface area contributed by atoms with Gasteiger partial charge in [0.2, 0.25) is 35.4 Å². The molecule has 15 nitrogen and oxygen atoms in total. The van der Waals surface area contributed by atoms with Gasteiger partial charge in [-0.1, -0.05) is 36.8 Å². The van der Waals surface area contributed by atoms with Crippen molar-refractivity contribution in [2.24, 2.45) is 5.92 Å². The second-order valence-corrected chi connectivity index (χ2v) is 15.8. The summed E-state index contributed by atoms with van der Waals surface area (Å²) in [5, 5.41) is 18.5. The first kappa shape index (κ1) is 43.7. The smallest absolute Gasteiger partial charge is 0.329 e. The van der Waals surface area contributed by atoms with Crippen molar-refractivity contribution in [1.29, 1.82) is 0 Å². The van der Waals surface area contributed by atoms with Crippen LogP contribution in [0.15, 0.2) is 42.5 Å². The highest BCUT2D eigenvalue weighted by Gasteiger charge is 2.47. The highest BCUT2D eigenvalue weighted by atomic mass is 19.1. The highest BCUT2D eigenvalue weighted by molar-refractivity contribution is 5.98.